The standard InChI is InChI=1S/C25H15F4N5O3S/c26-25(27,28)19-5-18-21(6-17(19)13-4-15(11-31-8-13)38(29,36)37)34(14-9-32-10-14)24-22(23(18)35)16-2-1-12(7-30)3-20(16)33-24/h1-6,8,11,14,32-33H,9-10H2. The first-order valence-corrected chi connectivity index (χ1v) is 12.6. The first-order valence-electron chi connectivity index (χ1n) is 11.2. The number of rotatable bonds is 3. The number of hydrogen-bond acceptors (Lipinski definition) is 6. The predicted molar refractivity (Wildman–Crippen MR) is 131 cm³/mol. The van der Waals surface area contributed by atoms with E-state index in [9.17, 15) is 35.5 Å². The van der Waals surface area contributed by atoms with Gasteiger partial charge in [-0.3, -0.25) is 9.78 Å². The van der Waals surface area contributed by atoms with Gasteiger partial charge in [0, 0.05) is 47.3 Å². The largest absolute Gasteiger partial charge is 0.417 e. The number of fused-ring (bicyclic) bond motifs is 4. The maximum absolute atomic E-state index is 14.3. The third kappa shape index (κ3) is 3.64. The number of aromatic amines is 1. The van der Waals surface area contributed by atoms with E-state index in [0.717, 1.165) is 24.4 Å². The number of aromatic nitrogens is 3. The van der Waals surface area contributed by atoms with E-state index in [1.54, 1.807) is 16.7 Å². The Bertz CT molecular complexity index is 2020. The Balaban J connectivity index is 1.78. The second kappa shape index (κ2) is 8.11. The minimum atomic E-state index is -5.23. The minimum Gasteiger partial charge on any atom is -0.340 e. The number of H-pyrrole nitrogens is 1. The summed E-state index contributed by atoms with van der Waals surface area (Å²) in [6.07, 6.45) is -3.23. The minimum absolute atomic E-state index is 0.178. The maximum atomic E-state index is 14.3. The molecule has 0 atom stereocenters. The molecule has 1 saturated heterocycles. The van der Waals surface area contributed by atoms with Crippen LogP contribution in [0.1, 0.15) is 17.2 Å². The van der Waals surface area contributed by atoms with Crippen molar-refractivity contribution >= 4 is 43.1 Å². The summed E-state index contributed by atoms with van der Waals surface area (Å²) in [6.45, 7) is 0.971. The summed E-state index contributed by atoms with van der Waals surface area (Å²) >= 11 is 0. The highest BCUT2D eigenvalue weighted by atomic mass is 32.3. The molecule has 0 spiro atoms. The Morgan fingerprint density at radius 3 is 2.47 bits per heavy atom. The second-order valence-electron chi connectivity index (χ2n) is 8.99. The SMILES string of the molecule is N#Cc1ccc2c(c1)[nH]c1c2c(=O)c2cc(C(F)(F)F)c(-c3cncc(S(=O)(=O)F)c3)cc2n1C1CNC1. The molecule has 3 aromatic heterocycles. The van der Waals surface area contributed by atoms with Gasteiger partial charge in [-0.25, -0.2) is 0 Å². The van der Waals surface area contributed by atoms with Crippen molar-refractivity contribution in [3.05, 3.63) is 70.1 Å². The average Bonchev–Trinajstić information content (AvgIpc) is 3.22. The second-order valence-corrected chi connectivity index (χ2v) is 10.3. The lowest BCUT2D eigenvalue weighted by Gasteiger charge is -2.32. The normalized spacial score (nSPS) is 14.7. The molecule has 13 heteroatoms. The highest BCUT2D eigenvalue weighted by Crippen LogP contribution is 2.41. The number of hydrogen-bond donors (Lipinski definition) is 2. The van der Waals surface area contributed by atoms with Gasteiger partial charge in [0.15, 0.2) is 5.43 Å². The zero-order valence-electron chi connectivity index (χ0n) is 19.1. The number of nitriles is 1. The molecule has 1 fully saturated rings. The quantitative estimate of drug-likeness (QED) is 0.258. The molecule has 0 unspecified atom stereocenters. The molecular formula is C25H15F4N5O3S. The Morgan fingerprint density at radius 2 is 1.84 bits per heavy atom. The highest BCUT2D eigenvalue weighted by Gasteiger charge is 2.36. The Morgan fingerprint density at radius 1 is 1.08 bits per heavy atom. The van der Waals surface area contributed by atoms with Gasteiger partial charge in [-0.05, 0) is 35.9 Å². The van der Waals surface area contributed by atoms with Crippen molar-refractivity contribution in [3.63, 3.8) is 0 Å². The number of halogens is 4. The van der Waals surface area contributed by atoms with Crippen molar-refractivity contribution in [1.82, 2.24) is 19.9 Å². The smallest absolute Gasteiger partial charge is 0.340 e. The van der Waals surface area contributed by atoms with Crippen LogP contribution in [0.25, 0.3) is 44.0 Å². The highest BCUT2D eigenvalue weighted by molar-refractivity contribution is 7.86. The Labute approximate surface area is 211 Å². The van der Waals surface area contributed by atoms with Gasteiger partial charge in [0.2, 0.25) is 0 Å². The number of alkyl halides is 3. The molecule has 2 aromatic carbocycles. The van der Waals surface area contributed by atoms with Crippen LogP contribution < -0.4 is 10.7 Å². The molecular weight excluding hydrogens is 526 g/mol. The van der Waals surface area contributed by atoms with Crippen LogP contribution >= 0.6 is 0 Å². The van der Waals surface area contributed by atoms with Crippen LogP contribution in [-0.4, -0.2) is 36.0 Å². The van der Waals surface area contributed by atoms with Crippen molar-refractivity contribution in [2.75, 3.05) is 13.1 Å². The fourth-order valence-corrected chi connectivity index (χ4v) is 5.35. The van der Waals surface area contributed by atoms with Crippen molar-refractivity contribution in [2.24, 2.45) is 0 Å². The van der Waals surface area contributed by atoms with Crippen molar-refractivity contribution in [2.45, 2.75) is 17.1 Å². The molecule has 4 heterocycles. The van der Waals surface area contributed by atoms with Gasteiger partial charge < -0.3 is 14.9 Å². The Hall–Kier alpha value is -4.28. The first kappa shape index (κ1) is 24.1. The number of nitrogens with one attached hydrogen (secondary N) is 2. The van der Waals surface area contributed by atoms with Crippen LogP contribution in [0, 0.1) is 11.3 Å². The molecule has 6 rings (SSSR count). The van der Waals surface area contributed by atoms with Crippen LogP contribution in [0.2, 0.25) is 0 Å². The van der Waals surface area contributed by atoms with Crippen molar-refractivity contribution < 1.29 is 25.5 Å². The molecule has 0 aliphatic carbocycles. The molecule has 8 nitrogen and oxygen atoms in total. The van der Waals surface area contributed by atoms with Gasteiger partial charge in [0.1, 0.15) is 10.5 Å². The van der Waals surface area contributed by atoms with Crippen LogP contribution in [-0.2, 0) is 16.4 Å². The van der Waals surface area contributed by atoms with Crippen molar-refractivity contribution in [3.8, 4) is 17.2 Å². The van der Waals surface area contributed by atoms with Gasteiger partial charge in [-0.15, -0.1) is 3.89 Å². The fourth-order valence-electron chi connectivity index (χ4n) is 4.90. The summed E-state index contributed by atoms with van der Waals surface area (Å²) < 4.78 is 81.1. The number of pyridine rings is 2. The Kier molecular flexibility index (Phi) is 5.14. The third-order valence-corrected chi connectivity index (χ3v) is 7.54. The number of nitrogens with zero attached hydrogens (tertiary/aromatic N) is 3. The zero-order valence-corrected chi connectivity index (χ0v) is 19.9. The summed E-state index contributed by atoms with van der Waals surface area (Å²) in [4.78, 5) is 19.6. The lowest BCUT2D eigenvalue weighted by molar-refractivity contribution is -0.137. The molecule has 1 aliphatic rings. The monoisotopic (exact) mass is 541 g/mol. The lowest BCUT2D eigenvalue weighted by atomic mass is 9.96. The van der Waals surface area contributed by atoms with E-state index in [4.69, 9.17) is 0 Å². The number of benzene rings is 2. The fraction of sp³-hybridized carbons (Fsp3) is 0.160. The molecule has 5 aromatic rings. The third-order valence-electron chi connectivity index (χ3n) is 6.75. The summed E-state index contributed by atoms with van der Waals surface area (Å²) in [7, 11) is -5.23. The zero-order chi connectivity index (χ0) is 27.0. The van der Waals surface area contributed by atoms with E-state index in [1.165, 1.54) is 6.07 Å². The molecule has 192 valence electrons. The molecule has 2 N–H and O–H groups in total. The van der Waals surface area contributed by atoms with E-state index in [2.05, 4.69) is 15.3 Å². The summed E-state index contributed by atoms with van der Waals surface area (Å²) in [6, 6.07) is 9.15. The van der Waals surface area contributed by atoms with E-state index >= 15 is 0 Å². The molecule has 0 amide bonds. The van der Waals surface area contributed by atoms with Crippen LogP contribution in [0.3, 0.4) is 0 Å². The molecule has 0 saturated carbocycles. The van der Waals surface area contributed by atoms with Crippen molar-refractivity contribution in [1.29, 1.82) is 5.26 Å². The topological polar surface area (TPSA) is 121 Å². The van der Waals surface area contributed by atoms with E-state index in [-0.39, 0.29) is 27.9 Å². The molecule has 0 bridgehead atoms. The van der Waals surface area contributed by atoms with Gasteiger partial charge in [-0.1, -0.05) is 6.07 Å². The first-order chi connectivity index (χ1) is 18.0. The van der Waals surface area contributed by atoms with Crippen LogP contribution in [0.5, 0.6) is 0 Å². The summed E-state index contributed by atoms with van der Waals surface area (Å²) in [5.41, 5.74) is -1.18. The van der Waals surface area contributed by atoms with E-state index in [0.29, 0.717) is 41.4 Å². The summed E-state index contributed by atoms with van der Waals surface area (Å²) in [5.74, 6) is 0. The van der Waals surface area contributed by atoms with Gasteiger partial charge >= 0.3 is 16.4 Å². The van der Waals surface area contributed by atoms with Gasteiger partial charge in [0.25, 0.3) is 0 Å². The van der Waals surface area contributed by atoms with E-state index < -0.39 is 37.9 Å². The lowest BCUT2D eigenvalue weighted by Crippen LogP contribution is -2.44. The average molecular weight is 541 g/mol. The summed E-state index contributed by atoms with van der Waals surface area (Å²) in [5, 5.41) is 12.9. The maximum Gasteiger partial charge on any atom is 0.417 e. The van der Waals surface area contributed by atoms with E-state index in [1.807, 2.05) is 6.07 Å². The van der Waals surface area contributed by atoms with Crippen LogP contribution in [0.15, 0.2) is 58.5 Å². The molecule has 0 radical (unpaired) electrons. The molecule has 1 aliphatic heterocycles. The predicted octanol–water partition coefficient (Wildman–Crippen LogP) is 4.39. The van der Waals surface area contributed by atoms with Gasteiger partial charge in [0.05, 0.1) is 34.1 Å². The van der Waals surface area contributed by atoms with Crippen LogP contribution in [0.4, 0.5) is 17.1 Å². The van der Waals surface area contributed by atoms with Gasteiger partial charge in [-0.2, -0.15) is 26.9 Å². The molecule has 38 heavy (non-hydrogen) atoms.